The maximum absolute atomic E-state index is 5.86. The first-order chi connectivity index (χ1) is 13.7. The molecule has 7 heteroatoms. The van der Waals surface area contributed by atoms with Crippen molar-refractivity contribution in [2.45, 2.75) is 32.5 Å². The average molecular weight is 374 g/mol. The van der Waals surface area contributed by atoms with Gasteiger partial charge in [0.25, 0.3) is 0 Å². The van der Waals surface area contributed by atoms with E-state index in [4.69, 9.17) is 9.73 Å². The standard InChI is InChI=1S/C21H22N6O/c1-14(2)28-17-5-4-15-10-22-21(18(15)8-17)19-9-20(24-13-23-19)26-11-16(12-26)27-7-3-6-25-27/h3-9,13-14,16H,10-12H2,1-2H3. The van der Waals surface area contributed by atoms with Gasteiger partial charge in [-0.3, -0.25) is 9.67 Å². The van der Waals surface area contributed by atoms with Gasteiger partial charge in [-0.25, -0.2) is 9.97 Å². The third-order valence-electron chi connectivity index (χ3n) is 5.10. The van der Waals surface area contributed by atoms with Gasteiger partial charge in [0.1, 0.15) is 17.9 Å². The van der Waals surface area contributed by atoms with Gasteiger partial charge in [-0.05, 0) is 37.6 Å². The van der Waals surface area contributed by atoms with Crippen LogP contribution in [-0.2, 0) is 6.54 Å². The average Bonchev–Trinajstić information content (AvgIpc) is 3.30. The highest BCUT2D eigenvalue weighted by atomic mass is 16.5. The zero-order valence-electron chi connectivity index (χ0n) is 16.0. The Hall–Kier alpha value is -3.22. The SMILES string of the molecule is CC(C)Oc1ccc2c(c1)C(c1cc(N3CC(n4cccn4)C3)ncn1)=NC2. The van der Waals surface area contributed by atoms with E-state index >= 15 is 0 Å². The molecule has 142 valence electrons. The fourth-order valence-electron chi connectivity index (χ4n) is 3.68. The van der Waals surface area contributed by atoms with Gasteiger partial charge in [0.15, 0.2) is 0 Å². The molecule has 0 spiro atoms. The molecule has 0 atom stereocenters. The van der Waals surface area contributed by atoms with Crippen LogP contribution in [0.1, 0.15) is 36.7 Å². The number of aromatic nitrogens is 4. The highest BCUT2D eigenvalue weighted by Gasteiger charge is 2.30. The second-order valence-corrected chi connectivity index (χ2v) is 7.46. The van der Waals surface area contributed by atoms with Gasteiger partial charge in [0.2, 0.25) is 0 Å². The van der Waals surface area contributed by atoms with Crippen molar-refractivity contribution in [3.05, 3.63) is 65.9 Å². The Labute approximate surface area is 163 Å². The van der Waals surface area contributed by atoms with Crippen LogP contribution in [0.3, 0.4) is 0 Å². The van der Waals surface area contributed by atoms with Crippen LogP contribution in [0, 0.1) is 0 Å². The van der Waals surface area contributed by atoms with E-state index in [0.717, 1.165) is 41.6 Å². The minimum absolute atomic E-state index is 0.139. The van der Waals surface area contributed by atoms with Crippen molar-refractivity contribution in [1.29, 1.82) is 0 Å². The molecule has 5 rings (SSSR count). The van der Waals surface area contributed by atoms with Gasteiger partial charge in [-0.15, -0.1) is 0 Å². The summed E-state index contributed by atoms with van der Waals surface area (Å²) in [6.45, 7) is 6.53. The molecule has 7 nitrogen and oxygen atoms in total. The van der Waals surface area contributed by atoms with E-state index in [1.54, 1.807) is 6.33 Å². The molecule has 0 amide bonds. The fraction of sp³-hybridized carbons (Fsp3) is 0.333. The summed E-state index contributed by atoms with van der Waals surface area (Å²) < 4.78 is 7.86. The summed E-state index contributed by atoms with van der Waals surface area (Å²) in [6.07, 6.45) is 5.59. The quantitative estimate of drug-likeness (QED) is 0.687. The third-order valence-corrected chi connectivity index (χ3v) is 5.10. The van der Waals surface area contributed by atoms with Gasteiger partial charge >= 0.3 is 0 Å². The number of hydrogen-bond acceptors (Lipinski definition) is 6. The Morgan fingerprint density at radius 1 is 1.14 bits per heavy atom. The van der Waals surface area contributed by atoms with Gasteiger partial charge in [0.05, 0.1) is 30.1 Å². The molecule has 0 N–H and O–H groups in total. The zero-order valence-corrected chi connectivity index (χ0v) is 16.0. The van der Waals surface area contributed by atoms with Gasteiger partial charge < -0.3 is 9.64 Å². The summed E-state index contributed by atoms with van der Waals surface area (Å²) in [5.41, 5.74) is 4.07. The van der Waals surface area contributed by atoms with E-state index in [0.29, 0.717) is 12.6 Å². The third kappa shape index (κ3) is 3.02. The fourth-order valence-corrected chi connectivity index (χ4v) is 3.68. The first-order valence-electron chi connectivity index (χ1n) is 9.58. The minimum Gasteiger partial charge on any atom is -0.491 e. The van der Waals surface area contributed by atoms with Crippen LogP contribution in [0.15, 0.2) is 54.0 Å². The van der Waals surface area contributed by atoms with Crippen molar-refractivity contribution in [3.63, 3.8) is 0 Å². The van der Waals surface area contributed by atoms with Crippen molar-refractivity contribution < 1.29 is 4.74 Å². The second-order valence-electron chi connectivity index (χ2n) is 7.46. The summed E-state index contributed by atoms with van der Waals surface area (Å²) in [5, 5.41) is 4.33. The number of benzene rings is 1. The molecular formula is C21H22N6O. The zero-order chi connectivity index (χ0) is 19.1. The summed E-state index contributed by atoms with van der Waals surface area (Å²) in [6, 6.07) is 10.6. The maximum atomic E-state index is 5.86. The number of ether oxygens (including phenoxy) is 1. The van der Waals surface area contributed by atoms with E-state index in [1.165, 1.54) is 5.56 Å². The molecular weight excluding hydrogens is 352 g/mol. The first-order valence-corrected chi connectivity index (χ1v) is 9.58. The molecule has 4 heterocycles. The monoisotopic (exact) mass is 374 g/mol. The molecule has 28 heavy (non-hydrogen) atoms. The Bertz CT molecular complexity index is 1020. The van der Waals surface area contributed by atoms with Crippen molar-refractivity contribution >= 4 is 11.5 Å². The molecule has 0 radical (unpaired) electrons. The van der Waals surface area contributed by atoms with E-state index in [1.807, 2.05) is 49.1 Å². The molecule has 1 fully saturated rings. The van der Waals surface area contributed by atoms with Crippen LogP contribution >= 0.6 is 0 Å². The van der Waals surface area contributed by atoms with E-state index in [9.17, 15) is 0 Å². The van der Waals surface area contributed by atoms with Crippen LogP contribution in [0.2, 0.25) is 0 Å². The minimum atomic E-state index is 0.139. The number of nitrogens with zero attached hydrogens (tertiary/aromatic N) is 6. The molecule has 0 unspecified atom stereocenters. The van der Waals surface area contributed by atoms with E-state index in [-0.39, 0.29) is 6.10 Å². The van der Waals surface area contributed by atoms with Crippen LogP contribution in [0.25, 0.3) is 0 Å². The van der Waals surface area contributed by atoms with Crippen molar-refractivity contribution in [2.75, 3.05) is 18.0 Å². The number of hydrogen-bond donors (Lipinski definition) is 0. The predicted octanol–water partition coefficient (Wildman–Crippen LogP) is 2.87. The molecule has 2 aromatic heterocycles. The smallest absolute Gasteiger partial charge is 0.132 e. The number of anilines is 1. The molecule has 0 bridgehead atoms. The van der Waals surface area contributed by atoms with Gasteiger partial charge in [-0.2, -0.15) is 5.10 Å². The van der Waals surface area contributed by atoms with E-state index < -0.39 is 0 Å². The van der Waals surface area contributed by atoms with Crippen molar-refractivity contribution in [3.8, 4) is 5.75 Å². The largest absolute Gasteiger partial charge is 0.491 e. The lowest BCUT2D eigenvalue weighted by molar-refractivity contribution is 0.242. The number of rotatable bonds is 5. The van der Waals surface area contributed by atoms with Crippen LogP contribution < -0.4 is 9.64 Å². The summed E-state index contributed by atoms with van der Waals surface area (Å²) >= 11 is 0. The lowest BCUT2D eigenvalue weighted by atomic mass is 10.0. The van der Waals surface area contributed by atoms with Crippen LogP contribution in [0.4, 0.5) is 5.82 Å². The Morgan fingerprint density at radius 2 is 2.04 bits per heavy atom. The molecule has 1 aromatic carbocycles. The normalized spacial score (nSPS) is 16.1. The Morgan fingerprint density at radius 3 is 2.82 bits per heavy atom. The van der Waals surface area contributed by atoms with Crippen LogP contribution in [0.5, 0.6) is 5.75 Å². The molecule has 0 aliphatic carbocycles. The van der Waals surface area contributed by atoms with Gasteiger partial charge in [0, 0.05) is 37.1 Å². The molecule has 0 saturated carbocycles. The summed E-state index contributed by atoms with van der Waals surface area (Å²) in [7, 11) is 0. The number of aliphatic imine (C=N–C) groups is 1. The topological polar surface area (TPSA) is 68.4 Å². The molecule has 2 aliphatic heterocycles. The number of fused-ring (bicyclic) bond motifs is 1. The predicted molar refractivity (Wildman–Crippen MR) is 107 cm³/mol. The highest BCUT2D eigenvalue weighted by molar-refractivity contribution is 6.14. The molecule has 1 saturated heterocycles. The Balaban J connectivity index is 1.37. The summed E-state index contributed by atoms with van der Waals surface area (Å²) in [4.78, 5) is 15.9. The van der Waals surface area contributed by atoms with Crippen molar-refractivity contribution in [1.82, 2.24) is 19.7 Å². The van der Waals surface area contributed by atoms with Crippen LogP contribution in [-0.4, -0.2) is 44.7 Å². The maximum Gasteiger partial charge on any atom is 0.132 e. The summed E-state index contributed by atoms with van der Waals surface area (Å²) in [5.74, 6) is 1.79. The highest BCUT2D eigenvalue weighted by Crippen LogP contribution is 2.29. The molecule has 3 aromatic rings. The van der Waals surface area contributed by atoms with Gasteiger partial charge in [-0.1, -0.05) is 6.07 Å². The molecule has 2 aliphatic rings. The van der Waals surface area contributed by atoms with E-state index in [2.05, 4.69) is 32.1 Å². The second kappa shape index (κ2) is 6.74. The first kappa shape index (κ1) is 16.9. The lowest BCUT2D eigenvalue weighted by Gasteiger charge is -2.40. The van der Waals surface area contributed by atoms with Crippen molar-refractivity contribution in [2.24, 2.45) is 4.99 Å². The Kier molecular flexibility index (Phi) is 4.07. The lowest BCUT2D eigenvalue weighted by Crippen LogP contribution is -2.48.